The highest BCUT2D eigenvalue weighted by atomic mass is 16.6. The number of aliphatic hydroxyl groups excluding tert-OH is 3. The second-order valence-electron chi connectivity index (χ2n) is 2.95. The lowest BCUT2D eigenvalue weighted by Crippen LogP contribution is -2.45. The Labute approximate surface area is 86.8 Å². The van der Waals surface area contributed by atoms with Crippen LogP contribution in [-0.2, 0) is 14.3 Å². The molecule has 0 heterocycles. The van der Waals surface area contributed by atoms with Crippen LogP contribution in [0.4, 0.5) is 0 Å². The summed E-state index contributed by atoms with van der Waals surface area (Å²) in [5.41, 5.74) is 0. The monoisotopic (exact) mass is 218 g/mol. The van der Waals surface area contributed by atoms with Crippen LogP contribution in [0.5, 0.6) is 0 Å². The van der Waals surface area contributed by atoms with E-state index in [1.807, 2.05) is 0 Å². The van der Waals surface area contributed by atoms with Gasteiger partial charge in [0, 0.05) is 6.08 Å². The van der Waals surface area contributed by atoms with Crippen molar-refractivity contribution < 1.29 is 29.6 Å². The van der Waals surface area contributed by atoms with Crippen LogP contribution in [0.15, 0.2) is 12.7 Å². The lowest BCUT2D eigenvalue weighted by molar-refractivity contribution is -0.157. The average molecular weight is 218 g/mol. The minimum absolute atomic E-state index is 0.0793. The summed E-state index contributed by atoms with van der Waals surface area (Å²) in [5, 5.41) is 27.4. The van der Waals surface area contributed by atoms with Crippen molar-refractivity contribution in [3.8, 4) is 0 Å². The van der Waals surface area contributed by atoms with Crippen LogP contribution in [0.1, 0.15) is 6.92 Å². The van der Waals surface area contributed by atoms with Gasteiger partial charge in [0.15, 0.2) is 6.29 Å². The maximum Gasteiger partial charge on any atom is 0.330 e. The predicted molar refractivity (Wildman–Crippen MR) is 49.8 cm³/mol. The molecule has 0 aliphatic rings. The molecule has 4 atom stereocenters. The Balaban J connectivity index is 4.29. The summed E-state index contributed by atoms with van der Waals surface area (Å²) in [5.74, 6) is -0.769. The van der Waals surface area contributed by atoms with Gasteiger partial charge in [-0.2, -0.15) is 0 Å². The van der Waals surface area contributed by atoms with Gasteiger partial charge >= 0.3 is 5.97 Å². The van der Waals surface area contributed by atoms with Crippen LogP contribution in [0.25, 0.3) is 0 Å². The third kappa shape index (κ3) is 4.20. The zero-order chi connectivity index (χ0) is 12.0. The molecule has 0 saturated heterocycles. The molecule has 0 aromatic carbocycles. The van der Waals surface area contributed by atoms with E-state index in [-0.39, 0.29) is 6.29 Å². The van der Waals surface area contributed by atoms with E-state index in [1.54, 1.807) is 0 Å². The summed E-state index contributed by atoms with van der Waals surface area (Å²) in [4.78, 5) is 20.8. The number of rotatable bonds is 6. The summed E-state index contributed by atoms with van der Waals surface area (Å²) in [6.07, 6.45) is -5.05. The Kier molecular flexibility index (Phi) is 5.76. The third-order valence-corrected chi connectivity index (χ3v) is 1.79. The Morgan fingerprint density at radius 3 is 2.27 bits per heavy atom. The van der Waals surface area contributed by atoms with Crippen LogP contribution in [0, 0.1) is 0 Å². The largest absolute Gasteiger partial charge is 0.457 e. The topological polar surface area (TPSA) is 104 Å². The Bertz CT molecular complexity index is 239. The Hall–Kier alpha value is -1.24. The highest BCUT2D eigenvalue weighted by molar-refractivity contribution is 5.81. The summed E-state index contributed by atoms with van der Waals surface area (Å²) >= 11 is 0. The number of ether oxygens (including phenoxy) is 1. The molecule has 0 aromatic heterocycles. The molecular weight excluding hydrogens is 204 g/mol. The van der Waals surface area contributed by atoms with Crippen molar-refractivity contribution in [2.45, 2.75) is 31.3 Å². The molecule has 0 amide bonds. The van der Waals surface area contributed by atoms with Crippen LogP contribution in [0.3, 0.4) is 0 Å². The molecular formula is C9H14O6. The fraction of sp³-hybridized carbons (Fsp3) is 0.556. The lowest BCUT2D eigenvalue weighted by atomic mass is 10.1. The van der Waals surface area contributed by atoms with Crippen molar-refractivity contribution in [3.63, 3.8) is 0 Å². The molecule has 86 valence electrons. The maximum absolute atomic E-state index is 10.7. The number of carbonyl (C=O) groups excluding carboxylic acids is 2. The fourth-order valence-electron chi connectivity index (χ4n) is 0.861. The number of aliphatic hydroxyl groups is 3. The second kappa shape index (κ2) is 6.28. The molecule has 6 nitrogen and oxygen atoms in total. The van der Waals surface area contributed by atoms with Gasteiger partial charge in [0.1, 0.15) is 24.4 Å². The first kappa shape index (κ1) is 13.8. The third-order valence-electron chi connectivity index (χ3n) is 1.79. The van der Waals surface area contributed by atoms with E-state index < -0.39 is 30.4 Å². The van der Waals surface area contributed by atoms with Crippen molar-refractivity contribution in [1.82, 2.24) is 0 Å². The number of hydrogen-bond donors (Lipinski definition) is 3. The van der Waals surface area contributed by atoms with Crippen LogP contribution < -0.4 is 0 Å². The van der Waals surface area contributed by atoms with Crippen molar-refractivity contribution >= 4 is 12.3 Å². The number of esters is 1. The molecule has 0 aliphatic carbocycles. The minimum Gasteiger partial charge on any atom is -0.457 e. The highest BCUT2D eigenvalue weighted by Gasteiger charge is 2.30. The number of hydrogen-bond acceptors (Lipinski definition) is 6. The van der Waals surface area contributed by atoms with Crippen molar-refractivity contribution in [2.75, 3.05) is 0 Å². The van der Waals surface area contributed by atoms with E-state index in [2.05, 4.69) is 11.3 Å². The standard InChI is InChI=1S/C9H14O6/c1-3-7(12)15-5(2)8(13)9(14)6(11)4-10/h3-6,8-9,11,13-14H,1H2,2H3/t5-,6-,8-,9-/m0/s1. The van der Waals surface area contributed by atoms with Gasteiger partial charge in [-0.3, -0.25) is 0 Å². The van der Waals surface area contributed by atoms with E-state index in [0.717, 1.165) is 6.08 Å². The van der Waals surface area contributed by atoms with Crippen molar-refractivity contribution in [1.29, 1.82) is 0 Å². The van der Waals surface area contributed by atoms with Gasteiger partial charge in [0.05, 0.1) is 0 Å². The molecule has 0 bridgehead atoms. The molecule has 0 fully saturated rings. The van der Waals surface area contributed by atoms with Gasteiger partial charge in [0.25, 0.3) is 0 Å². The second-order valence-corrected chi connectivity index (χ2v) is 2.95. The zero-order valence-electron chi connectivity index (χ0n) is 8.24. The van der Waals surface area contributed by atoms with Crippen molar-refractivity contribution in [2.24, 2.45) is 0 Å². The SMILES string of the molecule is C=CC(=O)O[C@@H](C)[C@H](O)[C@@H](O)[C@@H](O)C=O. The minimum atomic E-state index is -1.72. The van der Waals surface area contributed by atoms with Crippen LogP contribution >= 0.6 is 0 Å². The van der Waals surface area contributed by atoms with Crippen LogP contribution in [0.2, 0.25) is 0 Å². The van der Waals surface area contributed by atoms with E-state index in [1.165, 1.54) is 6.92 Å². The van der Waals surface area contributed by atoms with E-state index >= 15 is 0 Å². The van der Waals surface area contributed by atoms with Gasteiger partial charge < -0.3 is 24.9 Å². The summed E-state index contributed by atoms with van der Waals surface area (Å²) in [7, 11) is 0. The first-order valence-corrected chi connectivity index (χ1v) is 4.26. The lowest BCUT2D eigenvalue weighted by Gasteiger charge is -2.24. The Morgan fingerprint density at radius 1 is 1.33 bits per heavy atom. The van der Waals surface area contributed by atoms with Gasteiger partial charge in [0.2, 0.25) is 0 Å². The summed E-state index contributed by atoms with van der Waals surface area (Å²) in [6, 6.07) is 0. The molecule has 6 heteroatoms. The Morgan fingerprint density at radius 2 is 1.87 bits per heavy atom. The van der Waals surface area contributed by atoms with Gasteiger partial charge in [-0.1, -0.05) is 6.58 Å². The highest BCUT2D eigenvalue weighted by Crippen LogP contribution is 2.07. The van der Waals surface area contributed by atoms with E-state index in [0.29, 0.717) is 0 Å². The quantitative estimate of drug-likeness (QED) is 0.281. The molecule has 3 N–H and O–H groups in total. The normalized spacial score (nSPS) is 18.4. The van der Waals surface area contributed by atoms with Gasteiger partial charge in [-0.15, -0.1) is 0 Å². The smallest absolute Gasteiger partial charge is 0.330 e. The van der Waals surface area contributed by atoms with Gasteiger partial charge in [-0.25, -0.2) is 4.79 Å². The predicted octanol–water partition coefficient (Wildman–Crippen LogP) is -1.61. The molecule has 0 aliphatic heterocycles. The first-order chi connectivity index (χ1) is 6.93. The first-order valence-electron chi connectivity index (χ1n) is 4.26. The van der Waals surface area contributed by atoms with E-state index in [4.69, 9.17) is 5.11 Å². The van der Waals surface area contributed by atoms with Gasteiger partial charge in [-0.05, 0) is 6.92 Å². The molecule has 0 rings (SSSR count). The average Bonchev–Trinajstić information content (AvgIpc) is 2.25. The number of carbonyl (C=O) groups is 2. The fourth-order valence-corrected chi connectivity index (χ4v) is 0.861. The maximum atomic E-state index is 10.7. The molecule has 0 aromatic rings. The van der Waals surface area contributed by atoms with E-state index in [9.17, 15) is 19.8 Å². The summed E-state index contributed by atoms with van der Waals surface area (Å²) in [6.45, 7) is 4.46. The molecule has 15 heavy (non-hydrogen) atoms. The summed E-state index contributed by atoms with van der Waals surface area (Å²) < 4.78 is 4.58. The van der Waals surface area contributed by atoms with Crippen LogP contribution in [-0.4, -0.2) is 52.0 Å². The molecule has 0 spiro atoms. The zero-order valence-corrected chi connectivity index (χ0v) is 8.24. The molecule has 0 saturated carbocycles. The number of aldehydes is 1. The molecule has 0 unspecified atom stereocenters. The molecule has 0 radical (unpaired) electrons. The van der Waals surface area contributed by atoms with Crippen molar-refractivity contribution in [3.05, 3.63) is 12.7 Å².